The molecule has 3 rings (SSSR count). The molecule has 1 aromatic heterocycles. The molecule has 1 saturated heterocycles. The lowest BCUT2D eigenvalue weighted by Crippen LogP contribution is -2.29. The van der Waals surface area contributed by atoms with Crippen molar-refractivity contribution in [1.82, 2.24) is 14.1 Å². The van der Waals surface area contributed by atoms with Gasteiger partial charge in [-0.2, -0.15) is 9.40 Å². The molecule has 2 aliphatic rings. The molecular weight excluding hydrogens is 278 g/mol. The number of sulfonamides is 1. The fourth-order valence-corrected chi connectivity index (χ4v) is 4.65. The van der Waals surface area contributed by atoms with Gasteiger partial charge in [-0.25, -0.2) is 13.1 Å². The molecule has 2 heterocycles. The average molecular weight is 297 g/mol. The average Bonchev–Trinajstić information content (AvgIpc) is 2.98. The molecule has 0 radical (unpaired) electrons. The minimum absolute atomic E-state index is 0.0235. The number of carbonyl (C=O) groups excluding carboxylic acids is 1. The van der Waals surface area contributed by atoms with E-state index in [1.807, 2.05) is 0 Å². The van der Waals surface area contributed by atoms with Crippen LogP contribution in [-0.4, -0.2) is 41.5 Å². The highest BCUT2D eigenvalue weighted by molar-refractivity contribution is 7.89. The van der Waals surface area contributed by atoms with Crippen molar-refractivity contribution in [3.05, 3.63) is 11.4 Å². The van der Waals surface area contributed by atoms with Gasteiger partial charge in [0.05, 0.1) is 11.4 Å². The Labute approximate surface area is 118 Å². The summed E-state index contributed by atoms with van der Waals surface area (Å²) in [6, 6.07) is 0. The fraction of sp³-hybridized carbons (Fsp3) is 0.692. The van der Waals surface area contributed by atoms with Gasteiger partial charge in [0.2, 0.25) is 15.9 Å². The van der Waals surface area contributed by atoms with Gasteiger partial charge in [0.1, 0.15) is 4.90 Å². The van der Waals surface area contributed by atoms with Crippen LogP contribution in [0.5, 0.6) is 0 Å². The highest BCUT2D eigenvalue weighted by Crippen LogP contribution is 2.33. The fourth-order valence-electron chi connectivity index (χ4n) is 2.78. The summed E-state index contributed by atoms with van der Waals surface area (Å²) in [5.41, 5.74) is 0.870. The maximum atomic E-state index is 12.7. The number of aryl methyl sites for hydroxylation is 1. The number of aromatic nitrogens is 2. The van der Waals surface area contributed by atoms with Gasteiger partial charge in [-0.1, -0.05) is 0 Å². The van der Waals surface area contributed by atoms with Crippen molar-refractivity contribution in [3.8, 4) is 0 Å². The second kappa shape index (κ2) is 4.66. The Morgan fingerprint density at radius 2 is 1.80 bits per heavy atom. The van der Waals surface area contributed by atoms with E-state index in [1.165, 1.54) is 8.99 Å². The number of nitrogens with zero attached hydrogens (tertiary/aromatic N) is 3. The summed E-state index contributed by atoms with van der Waals surface area (Å²) in [5.74, 6) is -0.0520. The molecule has 0 bridgehead atoms. The summed E-state index contributed by atoms with van der Waals surface area (Å²) >= 11 is 0. The van der Waals surface area contributed by atoms with E-state index in [4.69, 9.17) is 0 Å². The van der Waals surface area contributed by atoms with Crippen molar-refractivity contribution in [2.75, 3.05) is 13.1 Å². The van der Waals surface area contributed by atoms with Crippen molar-refractivity contribution in [2.45, 2.75) is 44.4 Å². The monoisotopic (exact) mass is 297 g/mol. The predicted octanol–water partition coefficient (Wildman–Crippen LogP) is 1.33. The molecule has 0 atom stereocenters. The Balaban J connectivity index is 2.03. The van der Waals surface area contributed by atoms with Crippen LogP contribution in [0.2, 0.25) is 0 Å². The molecule has 6 nitrogen and oxygen atoms in total. The van der Waals surface area contributed by atoms with E-state index in [1.54, 1.807) is 13.8 Å². The minimum Gasteiger partial charge on any atom is -0.272 e. The van der Waals surface area contributed by atoms with Gasteiger partial charge in [-0.3, -0.25) is 4.79 Å². The smallest absolute Gasteiger partial charge is 0.250 e. The van der Waals surface area contributed by atoms with Crippen LogP contribution in [-0.2, 0) is 10.0 Å². The lowest BCUT2D eigenvalue weighted by atomic mass is 10.3. The minimum atomic E-state index is -3.52. The molecule has 1 saturated carbocycles. The van der Waals surface area contributed by atoms with Gasteiger partial charge >= 0.3 is 0 Å². The molecule has 7 heteroatoms. The van der Waals surface area contributed by atoms with E-state index in [0.717, 1.165) is 25.7 Å². The van der Waals surface area contributed by atoms with Crippen LogP contribution in [0.4, 0.5) is 0 Å². The molecular formula is C13H19N3O3S. The Morgan fingerprint density at radius 3 is 2.35 bits per heavy atom. The van der Waals surface area contributed by atoms with E-state index < -0.39 is 10.0 Å². The van der Waals surface area contributed by atoms with Gasteiger partial charge in [0, 0.05) is 19.0 Å². The first-order chi connectivity index (χ1) is 9.43. The maximum absolute atomic E-state index is 12.7. The summed E-state index contributed by atoms with van der Waals surface area (Å²) < 4.78 is 28.1. The van der Waals surface area contributed by atoms with Crippen molar-refractivity contribution < 1.29 is 13.2 Å². The molecule has 110 valence electrons. The van der Waals surface area contributed by atoms with Crippen LogP contribution in [0.3, 0.4) is 0 Å². The predicted molar refractivity (Wildman–Crippen MR) is 73.0 cm³/mol. The zero-order chi connectivity index (χ0) is 14.5. The summed E-state index contributed by atoms with van der Waals surface area (Å²) in [7, 11) is -3.52. The Morgan fingerprint density at radius 1 is 1.20 bits per heavy atom. The molecule has 20 heavy (non-hydrogen) atoms. The lowest BCUT2D eigenvalue weighted by Gasteiger charge is -2.15. The van der Waals surface area contributed by atoms with Crippen molar-refractivity contribution >= 4 is 15.9 Å². The van der Waals surface area contributed by atoms with E-state index in [9.17, 15) is 13.2 Å². The number of hydrogen-bond acceptors (Lipinski definition) is 4. The highest BCUT2D eigenvalue weighted by atomic mass is 32.2. The third-order valence-corrected chi connectivity index (χ3v) is 6.17. The van der Waals surface area contributed by atoms with E-state index in [0.29, 0.717) is 24.5 Å². The van der Waals surface area contributed by atoms with Crippen LogP contribution in [0.25, 0.3) is 0 Å². The molecule has 0 spiro atoms. The van der Waals surface area contributed by atoms with Crippen LogP contribution in [0.15, 0.2) is 4.90 Å². The SMILES string of the molecule is Cc1nn(C(=O)C2CC2)c(C)c1S(=O)(=O)N1CCCC1. The van der Waals surface area contributed by atoms with E-state index in [2.05, 4.69) is 5.10 Å². The zero-order valence-corrected chi connectivity index (χ0v) is 12.6. The third-order valence-electron chi connectivity index (χ3n) is 4.02. The molecule has 0 unspecified atom stereocenters. The highest BCUT2D eigenvalue weighted by Gasteiger charge is 2.37. The van der Waals surface area contributed by atoms with Gasteiger partial charge in [-0.15, -0.1) is 0 Å². The van der Waals surface area contributed by atoms with Gasteiger partial charge in [0.25, 0.3) is 0 Å². The van der Waals surface area contributed by atoms with Crippen molar-refractivity contribution in [2.24, 2.45) is 5.92 Å². The Hall–Kier alpha value is -1.21. The first-order valence-corrected chi connectivity index (χ1v) is 8.47. The van der Waals surface area contributed by atoms with Gasteiger partial charge < -0.3 is 0 Å². The van der Waals surface area contributed by atoms with Crippen LogP contribution in [0.1, 0.15) is 41.9 Å². The standard InChI is InChI=1S/C13H19N3O3S/c1-9-12(20(18,19)15-7-3-4-8-15)10(2)16(14-9)13(17)11-5-6-11/h11H,3-8H2,1-2H3. The van der Waals surface area contributed by atoms with Crippen LogP contribution >= 0.6 is 0 Å². The third kappa shape index (κ3) is 2.09. The van der Waals surface area contributed by atoms with Crippen LogP contribution < -0.4 is 0 Å². The zero-order valence-electron chi connectivity index (χ0n) is 11.8. The first-order valence-electron chi connectivity index (χ1n) is 7.03. The molecule has 0 N–H and O–H groups in total. The van der Waals surface area contributed by atoms with E-state index >= 15 is 0 Å². The van der Waals surface area contributed by atoms with Gasteiger partial charge in [-0.05, 0) is 39.5 Å². The second-order valence-electron chi connectivity index (χ2n) is 5.64. The molecule has 0 amide bonds. The summed E-state index contributed by atoms with van der Waals surface area (Å²) in [4.78, 5) is 12.3. The van der Waals surface area contributed by atoms with Crippen molar-refractivity contribution in [3.63, 3.8) is 0 Å². The summed E-state index contributed by atoms with van der Waals surface area (Å²) in [6.07, 6.45) is 3.55. The Kier molecular flexibility index (Phi) is 3.21. The number of carbonyl (C=O) groups is 1. The number of rotatable bonds is 3. The normalized spacial score (nSPS) is 20.5. The quantitative estimate of drug-likeness (QED) is 0.844. The molecule has 1 aliphatic carbocycles. The first kappa shape index (κ1) is 13.8. The molecule has 1 aromatic rings. The second-order valence-corrected chi connectivity index (χ2v) is 7.51. The Bertz CT molecular complexity index is 653. The molecule has 2 fully saturated rings. The molecule has 1 aliphatic heterocycles. The topological polar surface area (TPSA) is 72.3 Å². The summed E-state index contributed by atoms with van der Waals surface area (Å²) in [5, 5.41) is 4.17. The lowest BCUT2D eigenvalue weighted by molar-refractivity contribution is 0.0866. The van der Waals surface area contributed by atoms with E-state index in [-0.39, 0.29) is 16.7 Å². The van der Waals surface area contributed by atoms with Gasteiger partial charge in [0.15, 0.2) is 0 Å². The summed E-state index contributed by atoms with van der Waals surface area (Å²) in [6.45, 7) is 4.45. The number of hydrogen-bond donors (Lipinski definition) is 0. The largest absolute Gasteiger partial charge is 0.272 e. The van der Waals surface area contributed by atoms with Crippen molar-refractivity contribution in [1.29, 1.82) is 0 Å². The maximum Gasteiger partial charge on any atom is 0.250 e. The molecule has 0 aromatic carbocycles. The van der Waals surface area contributed by atoms with Crippen LogP contribution in [0, 0.1) is 19.8 Å².